The summed E-state index contributed by atoms with van der Waals surface area (Å²) >= 11 is 1.56. The van der Waals surface area contributed by atoms with E-state index in [4.69, 9.17) is 4.74 Å². The quantitative estimate of drug-likeness (QED) is 0.802. The normalized spacial score (nSPS) is 21.7. The molecule has 1 saturated carbocycles. The molecular weight excluding hydrogens is 388 g/mol. The van der Waals surface area contributed by atoms with Crippen molar-refractivity contribution in [3.05, 3.63) is 40.6 Å². The number of amides is 2. The van der Waals surface area contributed by atoms with Crippen LogP contribution >= 0.6 is 11.3 Å². The summed E-state index contributed by atoms with van der Waals surface area (Å²) < 4.78 is 5.55. The zero-order valence-corrected chi connectivity index (χ0v) is 17.0. The van der Waals surface area contributed by atoms with E-state index < -0.39 is 11.0 Å². The highest BCUT2D eigenvalue weighted by Gasteiger charge is 2.52. The van der Waals surface area contributed by atoms with Crippen molar-refractivity contribution in [1.82, 2.24) is 0 Å². The Labute approximate surface area is 173 Å². The molecule has 1 aromatic heterocycles. The Kier molecular flexibility index (Phi) is 4.49. The zero-order chi connectivity index (χ0) is 20.1. The molecule has 0 atom stereocenters. The Morgan fingerprint density at radius 3 is 2.66 bits per heavy atom. The summed E-state index contributed by atoms with van der Waals surface area (Å²) in [6, 6.07) is 7.66. The largest absolute Gasteiger partial charge is 0.389 e. The number of fused-ring (bicyclic) bond motifs is 2. The van der Waals surface area contributed by atoms with Gasteiger partial charge in [0.2, 0.25) is 11.8 Å². The van der Waals surface area contributed by atoms with Crippen LogP contribution in [0.3, 0.4) is 0 Å². The average molecular weight is 413 g/mol. The molecule has 1 aromatic carbocycles. The zero-order valence-electron chi connectivity index (χ0n) is 16.1. The Morgan fingerprint density at radius 2 is 2.00 bits per heavy atom. The molecule has 3 aliphatic rings. The molecule has 1 saturated heterocycles. The maximum Gasteiger partial charge on any atom is 0.242 e. The Balaban J connectivity index is 1.48. The number of hydrogen-bond donors (Lipinski definition) is 2. The van der Waals surface area contributed by atoms with E-state index in [0.29, 0.717) is 44.6 Å². The van der Waals surface area contributed by atoms with Crippen molar-refractivity contribution in [3.63, 3.8) is 0 Å². The predicted molar refractivity (Wildman–Crippen MR) is 112 cm³/mol. The van der Waals surface area contributed by atoms with Gasteiger partial charge in [0.15, 0.2) is 0 Å². The van der Waals surface area contributed by atoms with Crippen molar-refractivity contribution >= 4 is 40.2 Å². The molecule has 152 valence electrons. The SMILES string of the molecule is O=C(CC1(O)CCC1)Nc1ccc2c(c1)C1(CCOCC1)C(=O)N2c1ccsc1. The Hall–Kier alpha value is -2.22. The summed E-state index contributed by atoms with van der Waals surface area (Å²) in [7, 11) is 0. The monoisotopic (exact) mass is 412 g/mol. The van der Waals surface area contributed by atoms with Crippen LogP contribution in [0, 0.1) is 0 Å². The standard InChI is InChI=1S/C22H24N2O4S/c25-19(13-21(27)5-1-6-21)23-15-2-3-18-17(12-15)22(7-9-28-10-8-22)20(26)24(18)16-4-11-29-14-16/h2-4,11-12,14,27H,1,5-10,13H2,(H,23,25). The van der Waals surface area contributed by atoms with Gasteiger partial charge in [-0.2, -0.15) is 11.3 Å². The lowest BCUT2D eigenvalue weighted by atomic mass is 9.75. The smallest absolute Gasteiger partial charge is 0.242 e. The minimum absolute atomic E-state index is 0.0847. The van der Waals surface area contributed by atoms with Gasteiger partial charge in [0.05, 0.1) is 28.8 Å². The number of benzene rings is 1. The fourth-order valence-electron chi connectivity index (χ4n) is 4.74. The number of anilines is 3. The van der Waals surface area contributed by atoms with Gasteiger partial charge in [-0.3, -0.25) is 14.5 Å². The van der Waals surface area contributed by atoms with Crippen molar-refractivity contribution in [2.45, 2.75) is 49.5 Å². The van der Waals surface area contributed by atoms with Crippen LogP contribution in [-0.4, -0.2) is 35.7 Å². The van der Waals surface area contributed by atoms with E-state index >= 15 is 0 Å². The molecule has 0 unspecified atom stereocenters. The summed E-state index contributed by atoms with van der Waals surface area (Å²) in [5, 5.41) is 17.1. The molecular formula is C22H24N2O4S. The second kappa shape index (κ2) is 6.93. The van der Waals surface area contributed by atoms with E-state index in [2.05, 4.69) is 5.32 Å². The third-order valence-corrected chi connectivity index (χ3v) is 7.20. The minimum atomic E-state index is -0.853. The van der Waals surface area contributed by atoms with Crippen LogP contribution in [0.1, 0.15) is 44.1 Å². The first-order chi connectivity index (χ1) is 14.0. The molecule has 6 nitrogen and oxygen atoms in total. The fraction of sp³-hybridized carbons (Fsp3) is 0.455. The molecule has 5 rings (SSSR count). The van der Waals surface area contributed by atoms with Gasteiger partial charge in [0, 0.05) is 24.3 Å². The van der Waals surface area contributed by atoms with Gasteiger partial charge in [-0.1, -0.05) is 0 Å². The number of nitrogens with one attached hydrogen (secondary N) is 1. The molecule has 0 bridgehead atoms. The molecule has 2 aromatic rings. The van der Waals surface area contributed by atoms with Crippen molar-refractivity contribution < 1.29 is 19.4 Å². The lowest BCUT2D eigenvalue weighted by molar-refractivity contribution is -0.126. The molecule has 1 aliphatic carbocycles. The second-order valence-electron chi connectivity index (χ2n) is 8.35. The van der Waals surface area contributed by atoms with Gasteiger partial charge in [0.1, 0.15) is 0 Å². The lowest BCUT2D eigenvalue weighted by Gasteiger charge is -2.35. The number of carbonyl (C=O) groups excluding carboxylic acids is 2. The maximum absolute atomic E-state index is 13.6. The number of carbonyl (C=O) groups is 2. The van der Waals surface area contributed by atoms with Gasteiger partial charge >= 0.3 is 0 Å². The van der Waals surface area contributed by atoms with E-state index in [0.717, 1.165) is 23.4 Å². The highest BCUT2D eigenvalue weighted by molar-refractivity contribution is 7.08. The predicted octanol–water partition coefficient (Wildman–Crippen LogP) is 3.72. The van der Waals surface area contributed by atoms with Crippen LogP contribution in [0.5, 0.6) is 0 Å². The van der Waals surface area contributed by atoms with Crippen molar-refractivity contribution in [2.75, 3.05) is 23.4 Å². The van der Waals surface area contributed by atoms with Crippen LogP contribution in [-0.2, 0) is 19.7 Å². The summed E-state index contributed by atoms with van der Waals surface area (Å²) in [4.78, 5) is 27.8. The first kappa shape index (κ1) is 18.8. The summed E-state index contributed by atoms with van der Waals surface area (Å²) in [6.07, 6.45) is 3.71. The van der Waals surface area contributed by atoms with Crippen molar-refractivity contribution in [1.29, 1.82) is 0 Å². The van der Waals surface area contributed by atoms with E-state index in [1.807, 2.05) is 35.0 Å². The van der Waals surface area contributed by atoms with Gasteiger partial charge in [0.25, 0.3) is 0 Å². The average Bonchev–Trinajstić information content (AvgIpc) is 3.28. The van der Waals surface area contributed by atoms with E-state index in [9.17, 15) is 14.7 Å². The van der Waals surface area contributed by atoms with Crippen LogP contribution in [0.15, 0.2) is 35.0 Å². The second-order valence-corrected chi connectivity index (χ2v) is 9.13. The van der Waals surface area contributed by atoms with Gasteiger partial charge in [-0.25, -0.2) is 0 Å². The third-order valence-electron chi connectivity index (χ3n) is 6.53. The molecule has 2 aliphatic heterocycles. The van der Waals surface area contributed by atoms with Crippen molar-refractivity contribution in [2.24, 2.45) is 0 Å². The van der Waals surface area contributed by atoms with Crippen molar-refractivity contribution in [3.8, 4) is 0 Å². The third kappa shape index (κ3) is 3.08. The summed E-state index contributed by atoms with van der Waals surface area (Å²) in [5.74, 6) is -0.103. The van der Waals surface area contributed by atoms with Crippen LogP contribution in [0.2, 0.25) is 0 Å². The van der Waals surface area contributed by atoms with Crippen LogP contribution in [0.4, 0.5) is 17.1 Å². The number of rotatable bonds is 4. The minimum Gasteiger partial charge on any atom is -0.389 e. The van der Waals surface area contributed by atoms with E-state index in [1.165, 1.54) is 0 Å². The van der Waals surface area contributed by atoms with Gasteiger partial charge in [-0.15, -0.1) is 0 Å². The molecule has 7 heteroatoms. The highest BCUT2D eigenvalue weighted by Crippen LogP contribution is 2.51. The molecule has 0 radical (unpaired) electrons. The Morgan fingerprint density at radius 1 is 1.21 bits per heavy atom. The van der Waals surface area contributed by atoms with E-state index in [1.54, 1.807) is 16.2 Å². The molecule has 1 spiro atoms. The topological polar surface area (TPSA) is 78.9 Å². The summed E-state index contributed by atoms with van der Waals surface area (Å²) in [5.41, 5.74) is 1.93. The number of aliphatic hydroxyl groups is 1. The molecule has 2 amide bonds. The first-order valence-corrected chi connectivity index (χ1v) is 11.1. The number of hydrogen-bond acceptors (Lipinski definition) is 5. The van der Waals surface area contributed by atoms with Crippen LogP contribution in [0.25, 0.3) is 0 Å². The lowest BCUT2D eigenvalue weighted by Crippen LogP contribution is -2.42. The van der Waals surface area contributed by atoms with Crippen LogP contribution < -0.4 is 10.2 Å². The molecule has 29 heavy (non-hydrogen) atoms. The Bertz CT molecular complexity index is 946. The van der Waals surface area contributed by atoms with Gasteiger partial charge < -0.3 is 15.2 Å². The van der Waals surface area contributed by atoms with Gasteiger partial charge in [-0.05, 0) is 67.3 Å². The number of thiophene rings is 1. The molecule has 2 fully saturated rings. The number of nitrogens with zero attached hydrogens (tertiary/aromatic N) is 1. The fourth-order valence-corrected chi connectivity index (χ4v) is 5.36. The molecule has 3 heterocycles. The maximum atomic E-state index is 13.6. The van der Waals surface area contributed by atoms with E-state index in [-0.39, 0.29) is 18.2 Å². The molecule has 2 N–H and O–H groups in total. The first-order valence-electron chi connectivity index (χ1n) is 10.1. The number of ether oxygens (including phenoxy) is 1. The summed E-state index contributed by atoms with van der Waals surface area (Å²) in [6.45, 7) is 1.10. The highest BCUT2D eigenvalue weighted by atomic mass is 32.1.